The van der Waals surface area contributed by atoms with Crippen molar-refractivity contribution in [2.45, 2.75) is 0 Å². The number of allylic oxidation sites excluding steroid dienone is 5. The lowest BCUT2D eigenvalue weighted by molar-refractivity contribution is 1.13. The van der Waals surface area contributed by atoms with Gasteiger partial charge in [-0.05, 0) is 51.7 Å². The Balaban J connectivity index is 2.02. The van der Waals surface area contributed by atoms with Crippen molar-refractivity contribution in [2.24, 2.45) is 0 Å². The maximum absolute atomic E-state index is 3.41. The van der Waals surface area contributed by atoms with Crippen molar-refractivity contribution in [3.63, 3.8) is 0 Å². The molecule has 0 amide bonds. The third-order valence-corrected chi connectivity index (χ3v) is 4.71. The number of fused-ring (bicyclic) bond motifs is 1. The summed E-state index contributed by atoms with van der Waals surface area (Å²) >= 11 is 0. The van der Waals surface area contributed by atoms with Crippen LogP contribution < -0.4 is 4.90 Å². The molecule has 126 valence electrons. The Kier molecular flexibility index (Phi) is 4.31. The largest absolute Gasteiger partial charge is 0.378 e. The summed E-state index contributed by atoms with van der Waals surface area (Å²) in [6.07, 6.45) is 10.2. The fourth-order valence-electron chi connectivity index (χ4n) is 3.35. The van der Waals surface area contributed by atoms with Gasteiger partial charge in [-0.1, -0.05) is 66.8 Å². The third kappa shape index (κ3) is 3.01. The second-order valence-electron chi connectivity index (χ2n) is 6.62. The molecule has 0 aromatic heterocycles. The summed E-state index contributed by atoms with van der Waals surface area (Å²) < 4.78 is 0. The van der Waals surface area contributed by atoms with E-state index in [1.807, 2.05) is 18.2 Å². The summed E-state index contributed by atoms with van der Waals surface area (Å²) in [7, 11) is 4.16. The molecule has 0 spiro atoms. The van der Waals surface area contributed by atoms with Crippen LogP contribution in [0.4, 0.5) is 5.69 Å². The topological polar surface area (TPSA) is 3.24 Å². The maximum Gasteiger partial charge on any atom is 0.0367 e. The van der Waals surface area contributed by atoms with Crippen LogP contribution in [0.5, 0.6) is 0 Å². The number of hydrogen-bond acceptors (Lipinski definition) is 1. The number of benzene rings is 3. The molecule has 0 radical (unpaired) electrons. The number of hydrogen-bond donors (Lipinski definition) is 0. The molecule has 3 aromatic rings. The predicted molar refractivity (Wildman–Crippen MR) is 113 cm³/mol. The van der Waals surface area contributed by atoms with E-state index < -0.39 is 0 Å². The molecular formula is C25H21N. The highest BCUT2D eigenvalue weighted by molar-refractivity contribution is 6.00. The molecule has 3 aromatic carbocycles. The molecule has 1 heteroatoms. The first-order chi connectivity index (χ1) is 12.7. The summed E-state index contributed by atoms with van der Waals surface area (Å²) in [6, 6.07) is 21.7. The zero-order valence-electron chi connectivity index (χ0n) is 15.1. The van der Waals surface area contributed by atoms with E-state index in [1.54, 1.807) is 0 Å². The van der Waals surface area contributed by atoms with Gasteiger partial charge in [0.1, 0.15) is 0 Å². The maximum atomic E-state index is 3.41. The van der Waals surface area contributed by atoms with Crippen LogP contribution in [0, 0.1) is 0 Å². The highest BCUT2D eigenvalue weighted by atomic mass is 15.1. The molecule has 4 rings (SSSR count). The van der Waals surface area contributed by atoms with Crippen molar-refractivity contribution >= 4 is 22.0 Å². The predicted octanol–water partition coefficient (Wildman–Crippen LogP) is 6.24. The smallest absolute Gasteiger partial charge is 0.0367 e. The molecule has 0 aliphatic heterocycles. The molecule has 26 heavy (non-hydrogen) atoms. The van der Waals surface area contributed by atoms with Gasteiger partial charge in [-0.2, -0.15) is 0 Å². The normalized spacial score (nSPS) is 12.9. The van der Waals surface area contributed by atoms with E-state index >= 15 is 0 Å². The van der Waals surface area contributed by atoms with Gasteiger partial charge in [-0.25, -0.2) is 0 Å². The third-order valence-electron chi connectivity index (χ3n) is 4.71. The van der Waals surface area contributed by atoms with Crippen molar-refractivity contribution in [2.75, 3.05) is 19.0 Å². The molecule has 0 fully saturated rings. The molecular weight excluding hydrogens is 314 g/mol. The lowest BCUT2D eigenvalue weighted by atomic mass is 9.91. The van der Waals surface area contributed by atoms with Gasteiger partial charge in [-0.3, -0.25) is 0 Å². The van der Waals surface area contributed by atoms with E-state index in [4.69, 9.17) is 0 Å². The summed E-state index contributed by atoms with van der Waals surface area (Å²) in [5, 5.41) is 2.53. The van der Waals surface area contributed by atoms with Gasteiger partial charge in [-0.15, -0.1) is 5.73 Å². The Morgan fingerprint density at radius 3 is 2.46 bits per heavy atom. The van der Waals surface area contributed by atoms with Gasteiger partial charge in [0.15, 0.2) is 0 Å². The highest BCUT2D eigenvalue weighted by Crippen LogP contribution is 2.36. The SMILES string of the molecule is CN(C)c1ccc(C2=C=CC=CC=C2)c(-c2cccc3ccccc23)c1. The van der Waals surface area contributed by atoms with Gasteiger partial charge >= 0.3 is 0 Å². The number of nitrogens with zero attached hydrogens (tertiary/aromatic N) is 1. The standard InChI is InChI=1S/C25H21N/c1-26(2)21-16-17-23(19-10-5-3-4-6-11-19)25(18-21)24-15-9-13-20-12-7-8-14-22(20)24/h3-10,12-18H,1-2H3. The van der Waals surface area contributed by atoms with Crippen LogP contribution in [0.2, 0.25) is 0 Å². The first-order valence-electron chi connectivity index (χ1n) is 8.84. The molecule has 0 unspecified atom stereocenters. The van der Waals surface area contributed by atoms with Crippen LogP contribution in [-0.4, -0.2) is 14.1 Å². The number of rotatable bonds is 3. The van der Waals surface area contributed by atoms with E-state index in [1.165, 1.54) is 33.2 Å². The van der Waals surface area contributed by atoms with Crippen LogP contribution in [0.15, 0.2) is 96.8 Å². The quantitative estimate of drug-likeness (QED) is 0.512. The fraction of sp³-hybridized carbons (Fsp3) is 0.0800. The lowest BCUT2D eigenvalue weighted by Crippen LogP contribution is -2.08. The van der Waals surface area contributed by atoms with Crippen molar-refractivity contribution < 1.29 is 0 Å². The molecule has 1 aliphatic carbocycles. The monoisotopic (exact) mass is 335 g/mol. The minimum absolute atomic E-state index is 1.10. The summed E-state index contributed by atoms with van der Waals surface area (Å²) in [5.41, 5.74) is 9.38. The van der Waals surface area contributed by atoms with Gasteiger partial charge in [0.25, 0.3) is 0 Å². The molecule has 0 saturated heterocycles. The Labute approximate surface area is 154 Å². The molecule has 0 bridgehead atoms. The number of anilines is 1. The average molecular weight is 335 g/mol. The van der Waals surface area contributed by atoms with Gasteiger partial charge in [0.05, 0.1) is 0 Å². The van der Waals surface area contributed by atoms with Crippen molar-refractivity contribution in [3.8, 4) is 11.1 Å². The van der Waals surface area contributed by atoms with E-state index in [9.17, 15) is 0 Å². The molecule has 1 nitrogen and oxygen atoms in total. The first-order valence-corrected chi connectivity index (χ1v) is 8.84. The van der Waals surface area contributed by atoms with Gasteiger partial charge in [0.2, 0.25) is 0 Å². The van der Waals surface area contributed by atoms with Crippen LogP contribution in [0.1, 0.15) is 5.56 Å². The Morgan fingerprint density at radius 1 is 0.731 bits per heavy atom. The van der Waals surface area contributed by atoms with Crippen LogP contribution in [-0.2, 0) is 0 Å². The Morgan fingerprint density at radius 2 is 1.58 bits per heavy atom. The minimum Gasteiger partial charge on any atom is -0.378 e. The molecule has 1 aliphatic rings. The minimum atomic E-state index is 1.10. The summed E-state index contributed by atoms with van der Waals surface area (Å²) in [5.74, 6) is 0. The van der Waals surface area contributed by atoms with E-state index in [0.717, 1.165) is 5.57 Å². The molecule has 0 N–H and O–H groups in total. The first kappa shape index (κ1) is 16.2. The molecule has 0 saturated carbocycles. The summed E-state index contributed by atoms with van der Waals surface area (Å²) in [4.78, 5) is 2.15. The van der Waals surface area contributed by atoms with E-state index in [0.29, 0.717) is 0 Å². The van der Waals surface area contributed by atoms with Gasteiger partial charge in [0, 0.05) is 25.4 Å². The van der Waals surface area contributed by atoms with Crippen molar-refractivity contribution in [1.29, 1.82) is 0 Å². The second kappa shape index (κ2) is 6.92. The van der Waals surface area contributed by atoms with E-state index in [-0.39, 0.29) is 0 Å². The van der Waals surface area contributed by atoms with Crippen molar-refractivity contribution in [3.05, 3.63) is 102 Å². The molecule has 0 heterocycles. The Hall–Kier alpha value is -3.28. The van der Waals surface area contributed by atoms with E-state index in [2.05, 4.69) is 97.5 Å². The lowest BCUT2D eigenvalue weighted by Gasteiger charge is -2.18. The van der Waals surface area contributed by atoms with Crippen LogP contribution >= 0.6 is 0 Å². The molecule has 0 atom stereocenters. The van der Waals surface area contributed by atoms with Gasteiger partial charge < -0.3 is 4.90 Å². The zero-order valence-corrected chi connectivity index (χ0v) is 15.1. The highest BCUT2D eigenvalue weighted by Gasteiger charge is 2.12. The van der Waals surface area contributed by atoms with Crippen LogP contribution in [0.25, 0.3) is 27.5 Å². The fourth-order valence-corrected chi connectivity index (χ4v) is 3.35. The zero-order chi connectivity index (χ0) is 17.9. The Bertz CT molecular complexity index is 1080. The average Bonchev–Trinajstić information content (AvgIpc) is 2.96. The van der Waals surface area contributed by atoms with Crippen LogP contribution in [0.3, 0.4) is 0 Å². The second-order valence-corrected chi connectivity index (χ2v) is 6.62. The summed E-state index contributed by atoms with van der Waals surface area (Å²) in [6.45, 7) is 0. The van der Waals surface area contributed by atoms with Crippen molar-refractivity contribution in [1.82, 2.24) is 0 Å².